The summed E-state index contributed by atoms with van der Waals surface area (Å²) in [7, 11) is 0. The Hall–Kier alpha value is -1.53. The second-order valence-electron chi connectivity index (χ2n) is 2.68. The van der Waals surface area contributed by atoms with Crippen LogP contribution in [0.1, 0.15) is 12.5 Å². The van der Waals surface area contributed by atoms with Crippen molar-refractivity contribution in [1.29, 1.82) is 5.26 Å². The fourth-order valence-corrected chi connectivity index (χ4v) is 1.59. The van der Waals surface area contributed by atoms with Crippen molar-refractivity contribution < 1.29 is 4.79 Å². The van der Waals surface area contributed by atoms with Crippen molar-refractivity contribution in [3.63, 3.8) is 0 Å². The molecule has 1 aromatic carbocycles. The summed E-state index contributed by atoms with van der Waals surface area (Å²) in [5, 5.41) is 10.5. The van der Waals surface area contributed by atoms with E-state index in [9.17, 15) is 4.79 Å². The molecule has 0 amide bonds. The Morgan fingerprint density at radius 3 is 2.57 bits per heavy atom. The average Bonchev–Trinajstić information content (AvgIpc) is 2.18. The van der Waals surface area contributed by atoms with Gasteiger partial charge < -0.3 is 0 Å². The van der Waals surface area contributed by atoms with Crippen LogP contribution in [0.4, 0.5) is 0 Å². The maximum Gasteiger partial charge on any atom is 0.153 e. The fraction of sp³-hybridized carbons (Fsp3) is 0.0909. The SMILES string of the molecule is CC(=O)/C=C(\SC#N)c1ccccc1. The molecule has 0 atom stereocenters. The summed E-state index contributed by atoms with van der Waals surface area (Å²) in [5.74, 6) is -0.0494. The lowest BCUT2D eigenvalue weighted by atomic mass is 10.2. The minimum Gasteiger partial charge on any atom is -0.295 e. The van der Waals surface area contributed by atoms with E-state index in [1.807, 2.05) is 35.7 Å². The first-order chi connectivity index (χ1) is 6.74. The highest BCUT2D eigenvalue weighted by Crippen LogP contribution is 2.25. The second kappa shape index (κ2) is 5.25. The highest BCUT2D eigenvalue weighted by atomic mass is 32.2. The first-order valence-electron chi connectivity index (χ1n) is 4.07. The molecule has 0 aliphatic rings. The molecule has 70 valence electrons. The van der Waals surface area contributed by atoms with E-state index in [4.69, 9.17) is 5.26 Å². The van der Waals surface area contributed by atoms with E-state index in [2.05, 4.69) is 0 Å². The molecule has 0 unspecified atom stereocenters. The lowest BCUT2D eigenvalue weighted by Gasteiger charge is -2.00. The minimum absolute atomic E-state index is 0.0494. The Kier molecular flexibility index (Phi) is 3.96. The molecule has 0 N–H and O–H groups in total. The molecule has 1 aromatic rings. The molecule has 0 saturated heterocycles. The molecular weight excluding hydrogens is 194 g/mol. The lowest BCUT2D eigenvalue weighted by molar-refractivity contribution is -0.112. The molecular formula is C11H9NOS. The van der Waals surface area contributed by atoms with Gasteiger partial charge in [-0.15, -0.1) is 0 Å². The Balaban J connectivity index is 3.02. The molecule has 0 heterocycles. The molecule has 2 nitrogen and oxygen atoms in total. The number of hydrogen-bond acceptors (Lipinski definition) is 3. The molecule has 0 aromatic heterocycles. The van der Waals surface area contributed by atoms with Crippen LogP contribution < -0.4 is 0 Å². The number of rotatable bonds is 3. The number of ketones is 1. The first kappa shape index (κ1) is 10.6. The number of allylic oxidation sites excluding steroid dienone is 1. The molecule has 3 heteroatoms. The number of thiocyanates is 1. The maximum absolute atomic E-state index is 10.9. The van der Waals surface area contributed by atoms with Crippen LogP contribution in [0, 0.1) is 10.7 Å². The van der Waals surface area contributed by atoms with Crippen LogP contribution in [0.15, 0.2) is 36.4 Å². The average molecular weight is 203 g/mol. The van der Waals surface area contributed by atoms with Crippen molar-refractivity contribution in [3.05, 3.63) is 42.0 Å². The monoisotopic (exact) mass is 203 g/mol. The number of nitriles is 1. The van der Waals surface area contributed by atoms with Gasteiger partial charge in [0.1, 0.15) is 5.40 Å². The maximum atomic E-state index is 10.9. The van der Waals surface area contributed by atoms with Crippen molar-refractivity contribution in [2.45, 2.75) is 6.92 Å². The smallest absolute Gasteiger partial charge is 0.153 e. The zero-order valence-electron chi connectivity index (χ0n) is 7.73. The van der Waals surface area contributed by atoms with Crippen molar-refractivity contribution in [1.82, 2.24) is 0 Å². The van der Waals surface area contributed by atoms with Crippen LogP contribution in [0.2, 0.25) is 0 Å². The van der Waals surface area contributed by atoms with E-state index in [1.54, 1.807) is 0 Å². The number of benzene rings is 1. The van der Waals surface area contributed by atoms with Gasteiger partial charge in [-0.1, -0.05) is 30.3 Å². The molecule has 0 aliphatic carbocycles. The molecule has 0 aliphatic heterocycles. The van der Waals surface area contributed by atoms with Crippen LogP contribution in [0.5, 0.6) is 0 Å². The van der Waals surface area contributed by atoms with E-state index in [0.717, 1.165) is 17.3 Å². The first-order valence-corrected chi connectivity index (χ1v) is 4.89. The van der Waals surface area contributed by atoms with E-state index in [0.29, 0.717) is 4.91 Å². The molecule has 0 saturated carbocycles. The van der Waals surface area contributed by atoms with E-state index >= 15 is 0 Å². The fourth-order valence-electron chi connectivity index (χ4n) is 1.01. The van der Waals surface area contributed by atoms with Gasteiger partial charge in [0.2, 0.25) is 0 Å². The van der Waals surface area contributed by atoms with Crippen LogP contribution in [0.3, 0.4) is 0 Å². The standard InChI is InChI=1S/C11H9NOS/c1-9(13)7-11(14-8-12)10-5-3-2-4-6-10/h2-7H,1H3/b11-7-. The number of thioether (sulfide) groups is 1. The Bertz CT molecular complexity index is 389. The van der Waals surface area contributed by atoms with Gasteiger partial charge in [0, 0.05) is 4.91 Å². The molecule has 0 fully saturated rings. The van der Waals surface area contributed by atoms with Crippen LogP contribution in [-0.4, -0.2) is 5.78 Å². The normalized spacial score (nSPS) is 10.7. The third-order valence-electron chi connectivity index (χ3n) is 1.55. The van der Waals surface area contributed by atoms with Gasteiger partial charge in [-0.3, -0.25) is 4.79 Å². The third-order valence-corrected chi connectivity index (χ3v) is 2.21. The number of hydrogen-bond donors (Lipinski definition) is 0. The van der Waals surface area contributed by atoms with Crippen LogP contribution >= 0.6 is 11.8 Å². The predicted octanol–water partition coefficient (Wildman–Crippen LogP) is 2.83. The van der Waals surface area contributed by atoms with Crippen LogP contribution in [-0.2, 0) is 4.79 Å². The van der Waals surface area contributed by atoms with Gasteiger partial charge in [-0.2, -0.15) is 5.26 Å². The van der Waals surface area contributed by atoms with Gasteiger partial charge in [-0.05, 0) is 30.3 Å². The summed E-state index contributed by atoms with van der Waals surface area (Å²) in [6.45, 7) is 1.47. The summed E-state index contributed by atoms with van der Waals surface area (Å²) in [4.78, 5) is 11.6. The van der Waals surface area contributed by atoms with Crippen molar-refractivity contribution >= 4 is 22.5 Å². The van der Waals surface area contributed by atoms with Gasteiger partial charge in [0.25, 0.3) is 0 Å². The lowest BCUT2D eigenvalue weighted by Crippen LogP contribution is -1.85. The van der Waals surface area contributed by atoms with Gasteiger partial charge in [0.05, 0.1) is 0 Å². The van der Waals surface area contributed by atoms with Crippen molar-refractivity contribution in [2.24, 2.45) is 0 Å². The molecule has 0 bridgehead atoms. The van der Waals surface area contributed by atoms with E-state index in [-0.39, 0.29) is 5.78 Å². The predicted molar refractivity (Wildman–Crippen MR) is 58.3 cm³/mol. The second-order valence-corrected chi connectivity index (χ2v) is 3.51. The molecule has 14 heavy (non-hydrogen) atoms. The Labute approximate surface area is 87.2 Å². The Morgan fingerprint density at radius 1 is 1.43 bits per heavy atom. The van der Waals surface area contributed by atoms with Crippen molar-refractivity contribution in [2.75, 3.05) is 0 Å². The molecule has 0 spiro atoms. The van der Waals surface area contributed by atoms with Gasteiger partial charge in [0.15, 0.2) is 5.78 Å². The zero-order chi connectivity index (χ0) is 10.4. The highest BCUT2D eigenvalue weighted by Gasteiger charge is 2.02. The summed E-state index contributed by atoms with van der Waals surface area (Å²) in [6.07, 6.45) is 1.48. The van der Waals surface area contributed by atoms with E-state index in [1.165, 1.54) is 13.0 Å². The van der Waals surface area contributed by atoms with Crippen LogP contribution in [0.25, 0.3) is 4.91 Å². The highest BCUT2D eigenvalue weighted by molar-refractivity contribution is 8.12. The summed E-state index contributed by atoms with van der Waals surface area (Å²) >= 11 is 1.00. The Morgan fingerprint density at radius 2 is 2.07 bits per heavy atom. The number of carbonyl (C=O) groups excluding carboxylic acids is 1. The zero-order valence-corrected chi connectivity index (χ0v) is 8.54. The quantitative estimate of drug-likeness (QED) is 0.560. The number of nitrogens with zero attached hydrogens (tertiary/aromatic N) is 1. The summed E-state index contributed by atoms with van der Waals surface area (Å²) < 4.78 is 0. The molecule has 0 radical (unpaired) electrons. The minimum atomic E-state index is -0.0494. The topological polar surface area (TPSA) is 40.9 Å². The summed E-state index contributed by atoms with van der Waals surface area (Å²) in [5.41, 5.74) is 0.897. The third kappa shape index (κ3) is 3.08. The van der Waals surface area contributed by atoms with Crippen molar-refractivity contribution in [3.8, 4) is 5.40 Å². The number of carbonyl (C=O) groups is 1. The van der Waals surface area contributed by atoms with E-state index < -0.39 is 0 Å². The summed E-state index contributed by atoms with van der Waals surface area (Å²) in [6, 6.07) is 9.40. The molecule has 1 rings (SSSR count). The van der Waals surface area contributed by atoms with Gasteiger partial charge >= 0.3 is 0 Å². The largest absolute Gasteiger partial charge is 0.295 e. The van der Waals surface area contributed by atoms with Gasteiger partial charge in [-0.25, -0.2) is 0 Å².